The van der Waals surface area contributed by atoms with Gasteiger partial charge in [0.2, 0.25) is 0 Å². The van der Waals surface area contributed by atoms with Crippen molar-refractivity contribution in [2.45, 2.75) is 90.0 Å². The van der Waals surface area contributed by atoms with Crippen LogP contribution in [0, 0.1) is 0 Å². The predicted octanol–water partition coefficient (Wildman–Crippen LogP) is 5.68. The molecule has 4 nitrogen and oxygen atoms in total. The Hall–Kier alpha value is -1.58. The summed E-state index contributed by atoms with van der Waals surface area (Å²) < 4.78 is 5.30. The van der Waals surface area contributed by atoms with Gasteiger partial charge in [0.15, 0.2) is 11.9 Å². The first-order chi connectivity index (χ1) is 12.2. The minimum Gasteiger partial charge on any atom is -0.480 e. The van der Waals surface area contributed by atoms with Gasteiger partial charge in [-0.1, -0.05) is 63.3 Å². The lowest BCUT2D eigenvalue weighted by molar-refractivity contribution is -0.138. The van der Waals surface area contributed by atoms with Crippen LogP contribution in [0.15, 0.2) is 29.3 Å². The van der Waals surface area contributed by atoms with E-state index in [0.29, 0.717) is 5.90 Å². The van der Waals surface area contributed by atoms with Crippen molar-refractivity contribution in [3.8, 4) is 0 Å². The summed E-state index contributed by atoms with van der Waals surface area (Å²) in [5, 5.41) is 8.84. The molecule has 1 heterocycles. The maximum Gasteiger partial charge on any atom is 0.332 e. The molecule has 0 saturated heterocycles. The van der Waals surface area contributed by atoms with Crippen molar-refractivity contribution in [3.05, 3.63) is 24.3 Å². The van der Waals surface area contributed by atoms with Gasteiger partial charge in [0.05, 0.1) is 0 Å². The Bertz CT molecular complexity index is 440. The highest BCUT2D eigenvalue weighted by Gasteiger charge is 2.24. The highest BCUT2D eigenvalue weighted by Crippen LogP contribution is 2.13. The van der Waals surface area contributed by atoms with Crippen LogP contribution in [-0.4, -0.2) is 29.6 Å². The van der Waals surface area contributed by atoms with Crippen LogP contribution in [0.5, 0.6) is 0 Å². The van der Waals surface area contributed by atoms with E-state index in [0.717, 1.165) is 25.7 Å². The van der Waals surface area contributed by atoms with E-state index in [-0.39, 0.29) is 6.61 Å². The number of nitrogens with zero attached hydrogens (tertiary/aromatic N) is 1. The lowest BCUT2D eigenvalue weighted by atomic mass is 10.1. The summed E-state index contributed by atoms with van der Waals surface area (Å²) in [5.74, 6) is -0.270. The fourth-order valence-corrected chi connectivity index (χ4v) is 2.77. The Labute approximate surface area is 153 Å². The van der Waals surface area contributed by atoms with E-state index in [4.69, 9.17) is 9.84 Å². The highest BCUT2D eigenvalue weighted by molar-refractivity contribution is 5.84. The third kappa shape index (κ3) is 11.6. The molecule has 0 aliphatic carbocycles. The molecule has 1 atom stereocenters. The first-order valence-electron chi connectivity index (χ1n) is 9.96. The zero-order valence-corrected chi connectivity index (χ0v) is 15.8. The Morgan fingerprint density at radius 1 is 1.04 bits per heavy atom. The Morgan fingerprint density at radius 3 is 2.32 bits per heavy atom. The van der Waals surface area contributed by atoms with E-state index in [1.54, 1.807) is 0 Å². The molecule has 0 amide bonds. The topological polar surface area (TPSA) is 58.9 Å². The second-order valence-corrected chi connectivity index (χ2v) is 6.67. The average Bonchev–Trinajstić information content (AvgIpc) is 3.07. The number of allylic oxidation sites excluding steroid dienone is 4. The lowest BCUT2D eigenvalue weighted by Gasteiger charge is -2.01. The minimum absolute atomic E-state index is 0.199. The monoisotopic (exact) mass is 349 g/mol. The molecule has 0 spiro atoms. The number of unbranched alkanes of at least 4 members (excludes halogenated alkanes) is 8. The molecule has 1 rings (SSSR count). The van der Waals surface area contributed by atoms with Crippen LogP contribution in [0.25, 0.3) is 0 Å². The average molecular weight is 350 g/mol. The number of aliphatic carboxylic acids is 1. The third-order valence-corrected chi connectivity index (χ3v) is 4.33. The van der Waals surface area contributed by atoms with Crippen molar-refractivity contribution in [3.63, 3.8) is 0 Å². The molecular weight excluding hydrogens is 314 g/mol. The molecule has 0 fully saturated rings. The van der Waals surface area contributed by atoms with Gasteiger partial charge in [-0.2, -0.15) is 0 Å². The standard InChI is InChI=1S/C21H35NO3/c1-2-3-4-5-6-7-8-9-10-11-12-13-14-15-16-17-20-22-19(18-25-20)21(23)24/h6-7,9-10,19H,2-5,8,11-18H2,1H3,(H,23,24)/b7-6-,10-9-/t19-/m0/s1. The minimum atomic E-state index is -0.893. The van der Waals surface area contributed by atoms with Gasteiger partial charge in [-0.3, -0.25) is 0 Å². The predicted molar refractivity (Wildman–Crippen MR) is 104 cm³/mol. The van der Waals surface area contributed by atoms with Crippen LogP contribution in [0.1, 0.15) is 84.0 Å². The number of hydrogen-bond donors (Lipinski definition) is 1. The summed E-state index contributed by atoms with van der Waals surface area (Å²) >= 11 is 0. The molecule has 0 aromatic carbocycles. The summed E-state index contributed by atoms with van der Waals surface area (Å²) in [7, 11) is 0. The van der Waals surface area contributed by atoms with Gasteiger partial charge in [-0.05, 0) is 38.5 Å². The molecule has 4 heteroatoms. The van der Waals surface area contributed by atoms with Gasteiger partial charge in [0.25, 0.3) is 0 Å². The van der Waals surface area contributed by atoms with Crippen molar-refractivity contribution in [2.24, 2.45) is 4.99 Å². The summed E-state index contributed by atoms with van der Waals surface area (Å²) in [5.41, 5.74) is 0. The maximum absolute atomic E-state index is 10.8. The Balaban J connectivity index is 1.87. The molecule has 1 N–H and O–H groups in total. The second kappa shape index (κ2) is 14.7. The van der Waals surface area contributed by atoms with Crippen molar-refractivity contribution in [1.29, 1.82) is 0 Å². The summed E-state index contributed by atoms with van der Waals surface area (Å²) in [6.45, 7) is 2.44. The van der Waals surface area contributed by atoms with E-state index in [1.165, 1.54) is 51.4 Å². The second-order valence-electron chi connectivity index (χ2n) is 6.67. The number of aliphatic imine (C=N–C) groups is 1. The number of carbonyl (C=O) groups is 1. The van der Waals surface area contributed by atoms with E-state index < -0.39 is 12.0 Å². The van der Waals surface area contributed by atoms with Crippen molar-refractivity contribution in [1.82, 2.24) is 0 Å². The SMILES string of the molecule is CCCCC/C=C\C/C=C\CCCCCCCC1=N[C@H](C(=O)O)CO1. The highest BCUT2D eigenvalue weighted by atomic mass is 16.5. The molecule has 0 aromatic heterocycles. The molecule has 0 aromatic rings. The largest absolute Gasteiger partial charge is 0.480 e. The number of ether oxygens (including phenoxy) is 1. The van der Waals surface area contributed by atoms with Crippen LogP contribution < -0.4 is 0 Å². The van der Waals surface area contributed by atoms with Gasteiger partial charge < -0.3 is 9.84 Å². The van der Waals surface area contributed by atoms with Crippen molar-refractivity contribution >= 4 is 11.9 Å². The third-order valence-electron chi connectivity index (χ3n) is 4.33. The van der Waals surface area contributed by atoms with E-state index in [9.17, 15) is 4.79 Å². The molecule has 0 radical (unpaired) electrons. The molecule has 0 bridgehead atoms. The molecule has 142 valence electrons. The first-order valence-corrected chi connectivity index (χ1v) is 9.96. The number of rotatable bonds is 15. The van der Waals surface area contributed by atoms with Gasteiger partial charge in [-0.15, -0.1) is 0 Å². The van der Waals surface area contributed by atoms with Gasteiger partial charge in [-0.25, -0.2) is 9.79 Å². The first kappa shape index (κ1) is 21.5. The molecule has 0 unspecified atom stereocenters. The fourth-order valence-electron chi connectivity index (χ4n) is 2.77. The number of hydrogen-bond acceptors (Lipinski definition) is 3. The quantitative estimate of drug-likeness (QED) is 0.305. The lowest BCUT2D eigenvalue weighted by Crippen LogP contribution is -2.18. The zero-order valence-electron chi connectivity index (χ0n) is 15.8. The Kier molecular flexibility index (Phi) is 12.7. The van der Waals surface area contributed by atoms with Crippen LogP contribution in [0.3, 0.4) is 0 Å². The van der Waals surface area contributed by atoms with Crippen LogP contribution in [-0.2, 0) is 9.53 Å². The van der Waals surface area contributed by atoms with Crippen LogP contribution in [0.4, 0.5) is 0 Å². The van der Waals surface area contributed by atoms with E-state index >= 15 is 0 Å². The smallest absolute Gasteiger partial charge is 0.332 e. The fraction of sp³-hybridized carbons (Fsp3) is 0.714. The summed E-state index contributed by atoms with van der Waals surface area (Å²) in [6, 6.07) is -0.687. The van der Waals surface area contributed by atoms with Crippen molar-refractivity contribution in [2.75, 3.05) is 6.61 Å². The molecule has 1 aliphatic heterocycles. The van der Waals surface area contributed by atoms with Gasteiger partial charge in [0.1, 0.15) is 6.61 Å². The van der Waals surface area contributed by atoms with Crippen LogP contribution in [0.2, 0.25) is 0 Å². The van der Waals surface area contributed by atoms with Gasteiger partial charge in [0, 0.05) is 6.42 Å². The summed E-state index contributed by atoms with van der Waals surface area (Å²) in [4.78, 5) is 14.8. The van der Waals surface area contributed by atoms with E-state index in [2.05, 4.69) is 36.2 Å². The van der Waals surface area contributed by atoms with E-state index in [1.807, 2.05) is 0 Å². The molecular formula is C21H35NO3. The number of carboxylic acids is 1. The molecule has 0 saturated carbocycles. The van der Waals surface area contributed by atoms with Gasteiger partial charge >= 0.3 is 5.97 Å². The zero-order chi connectivity index (χ0) is 18.2. The Morgan fingerprint density at radius 2 is 1.68 bits per heavy atom. The summed E-state index contributed by atoms with van der Waals surface area (Å²) in [6.07, 6.45) is 23.2. The number of carboxylic acid groups (broad SMARTS) is 1. The molecule has 1 aliphatic rings. The van der Waals surface area contributed by atoms with Crippen molar-refractivity contribution < 1.29 is 14.6 Å². The molecule has 25 heavy (non-hydrogen) atoms. The van der Waals surface area contributed by atoms with Crippen LogP contribution >= 0.6 is 0 Å². The normalized spacial score (nSPS) is 17.3. The maximum atomic E-state index is 10.8.